The fourth-order valence-corrected chi connectivity index (χ4v) is 3.02. The summed E-state index contributed by atoms with van der Waals surface area (Å²) < 4.78 is 16.4. The monoisotopic (exact) mass is 340 g/mol. The molecule has 8 heteroatoms. The van der Waals surface area contributed by atoms with Gasteiger partial charge in [0, 0.05) is 7.05 Å². The van der Waals surface area contributed by atoms with Gasteiger partial charge in [-0.1, -0.05) is 12.1 Å². The van der Waals surface area contributed by atoms with Gasteiger partial charge in [0.05, 0.1) is 16.6 Å². The average Bonchev–Trinajstić information content (AvgIpc) is 3.14. The zero-order valence-electron chi connectivity index (χ0n) is 13.0. The number of nitro groups is 1. The van der Waals surface area contributed by atoms with Gasteiger partial charge in [0.2, 0.25) is 0 Å². The smallest absolute Gasteiger partial charge is 0.344 e. The number of allylic oxidation sites excluding steroid dienone is 1. The molecule has 1 unspecified atom stereocenters. The molecular weight excluding hydrogens is 328 g/mol. The summed E-state index contributed by atoms with van der Waals surface area (Å²) in [5.41, 5.74) is -0.638. The molecule has 1 N–H and O–H groups in total. The quantitative estimate of drug-likeness (QED) is 0.443. The van der Waals surface area contributed by atoms with Gasteiger partial charge in [-0.3, -0.25) is 10.1 Å². The molecule has 0 fully saturated rings. The zero-order chi connectivity index (χ0) is 17.6. The van der Waals surface area contributed by atoms with E-state index < -0.39 is 16.5 Å². The molecule has 3 aromatic rings. The minimum absolute atomic E-state index is 0.0411. The lowest BCUT2D eigenvalue weighted by Crippen LogP contribution is -2.31. The van der Waals surface area contributed by atoms with E-state index in [1.165, 1.54) is 13.3 Å². The van der Waals surface area contributed by atoms with Gasteiger partial charge in [-0.15, -0.1) is 0 Å². The van der Waals surface area contributed by atoms with Gasteiger partial charge < -0.3 is 18.9 Å². The van der Waals surface area contributed by atoms with Crippen LogP contribution < -0.4 is 15.7 Å². The van der Waals surface area contributed by atoms with Gasteiger partial charge in [0.15, 0.2) is 5.75 Å². The number of fused-ring (bicyclic) bond motifs is 3. The van der Waals surface area contributed by atoms with Gasteiger partial charge in [-0.05, 0) is 24.3 Å². The predicted molar refractivity (Wildman–Crippen MR) is 86.7 cm³/mol. The van der Waals surface area contributed by atoms with Crippen LogP contribution in [0.5, 0.6) is 5.75 Å². The van der Waals surface area contributed by atoms with Crippen molar-refractivity contribution in [2.45, 2.75) is 5.92 Å². The van der Waals surface area contributed by atoms with Gasteiger partial charge in [-0.25, -0.2) is 4.79 Å². The second kappa shape index (κ2) is 5.52. The van der Waals surface area contributed by atoms with Crippen molar-refractivity contribution < 1.29 is 18.5 Å². The van der Waals surface area contributed by atoms with Crippen LogP contribution >= 0.6 is 0 Å². The lowest BCUT2D eigenvalue weighted by molar-refractivity contribution is -0.433. The van der Waals surface area contributed by atoms with E-state index in [4.69, 9.17) is 13.6 Å². The highest BCUT2D eigenvalue weighted by atomic mass is 16.6. The molecule has 25 heavy (non-hydrogen) atoms. The highest BCUT2D eigenvalue weighted by Gasteiger charge is 2.44. The Balaban J connectivity index is 2.11. The molecule has 126 valence electrons. The van der Waals surface area contributed by atoms with Crippen molar-refractivity contribution in [1.29, 1.82) is 0 Å². The Morgan fingerprint density at radius 3 is 2.68 bits per heavy atom. The third-order valence-electron chi connectivity index (χ3n) is 4.05. The molecule has 1 aliphatic rings. The molecule has 0 radical (unpaired) electrons. The number of nitrogens with zero attached hydrogens (tertiary/aromatic N) is 1. The lowest BCUT2D eigenvalue weighted by Gasteiger charge is -2.23. The summed E-state index contributed by atoms with van der Waals surface area (Å²) in [6.45, 7) is 0. The van der Waals surface area contributed by atoms with E-state index in [1.807, 2.05) is 0 Å². The summed E-state index contributed by atoms with van der Waals surface area (Å²) >= 11 is 0. The minimum Gasteiger partial charge on any atom is -0.468 e. The van der Waals surface area contributed by atoms with Crippen LogP contribution in [0.25, 0.3) is 11.0 Å². The molecule has 1 aromatic carbocycles. The summed E-state index contributed by atoms with van der Waals surface area (Å²) in [5, 5.41) is 14.9. The van der Waals surface area contributed by atoms with Crippen molar-refractivity contribution in [3.8, 4) is 5.75 Å². The highest BCUT2D eigenvalue weighted by molar-refractivity contribution is 5.85. The maximum absolute atomic E-state index is 12.6. The Bertz CT molecular complexity index is 1060. The summed E-state index contributed by atoms with van der Waals surface area (Å²) in [7, 11) is 1.51. The van der Waals surface area contributed by atoms with Gasteiger partial charge >= 0.3 is 11.3 Å². The van der Waals surface area contributed by atoms with Crippen molar-refractivity contribution in [2.24, 2.45) is 0 Å². The lowest BCUT2D eigenvalue weighted by atomic mass is 9.91. The summed E-state index contributed by atoms with van der Waals surface area (Å²) in [6.07, 6.45) is 1.39. The number of nitrogens with one attached hydrogen (secondary N) is 1. The predicted octanol–water partition coefficient (Wildman–Crippen LogP) is 2.58. The first-order valence-corrected chi connectivity index (χ1v) is 7.45. The normalized spacial score (nSPS) is 16.4. The second-order valence-corrected chi connectivity index (χ2v) is 5.40. The van der Waals surface area contributed by atoms with Gasteiger partial charge in [0.1, 0.15) is 22.8 Å². The Kier molecular flexibility index (Phi) is 3.31. The first-order valence-electron chi connectivity index (χ1n) is 7.45. The molecule has 1 aliphatic heterocycles. The van der Waals surface area contributed by atoms with Crippen LogP contribution in [0.4, 0.5) is 0 Å². The van der Waals surface area contributed by atoms with Crippen molar-refractivity contribution in [1.82, 2.24) is 5.32 Å². The molecular formula is C17H12N2O6. The number of rotatable bonds is 3. The number of ether oxygens (including phenoxy) is 1. The van der Waals surface area contributed by atoms with E-state index in [0.717, 1.165) is 0 Å². The van der Waals surface area contributed by atoms with Crippen LogP contribution in [0.3, 0.4) is 0 Å². The summed E-state index contributed by atoms with van der Waals surface area (Å²) in [4.78, 5) is 23.7. The SMILES string of the molecule is CNC1=C([N+](=O)[O-])C(c2ccco2)c2c(c3ccccc3oc2=O)O1. The van der Waals surface area contributed by atoms with Crippen molar-refractivity contribution in [2.75, 3.05) is 7.05 Å². The minimum atomic E-state index is -1.04. The molecule has 0 aliphatic carbocycles. The van der Waals surface area contributed by atoms with Crippen molar-refractivity contribution in [3.05, 3.63) is 86.1 Å². The molecule has 2 aromatic heterocycles. The Labute approximate surface area is 140 Å². The number of furan rings is 1. The third kappa shape index (κ3) is 2.18. The van der Waals surface area contributed by atoms with Crippen LogP contribution in [0.1, 0.15) is 17.2 Å². The van der Waals surface area contributed by atoms with Crippen molar-refractivity contribution >= 4 is 11.0 Å². The first kappa shape index (κ1) is 15.0. The van der Waals surface area contributed by atoms with E-state index in [1.54, 1.807) is 36.4 Å². The number of benzene rings is 1. The van der Waals surface area contributed by atoms with Crippen LogP contribution in [0.15, 0.2) is 67.9 Å². The number of para-hydroxylation sites is 1. The van der Waals surface area contributed by atoms with Gasteiger partial charge in [-0.2, -0.15) is 0 Å². The third-order valence-corrected chi connectivity index (χ3v) is 4.05. The number of hydrogen-bond donors (Lipinski definition) is 1. The van der Waals surface area contributed by atoms with Crippen molar-refractivity contribution in [3.63, 3.8) is 0 Å². The molecule has 0 saturated carbocycles. The van der Waals surface area contributed by atoms with E-state index in [9.17, 15) is 14.9 Å². The molecule has 1 atom stereocenters. The molecule has 0 amide bonds. The summed E-state index contributed by atoms with van der Waals surface area (Å²) in [5.74, 6) is -0.610. The molecule has 0 saturated heterocycles. The maximum atomic E-state index is 12.6. The number of hydrogen-bond acceptors (Lipinski definition) is 7. The van der Waals surface area contributed by atoms with E-state index in [2.05, 4.69) is 5.32 Å². The largest absolute Gasteiger partial charge is 0.468 e. The molecule has 3 heterocycles. The van der Waals surface area contributed by atoms with Crippen LogP contribution in [-0.2, 0) is 0 Å². The van der Waals surface area contributed by atoms with E-state index in [-0.39, 0.29) is 28.7 Å². The first-order chi connectivity index (χ1) is 12.1. The molecule has 4 rings (SSSR count). The van der Waals surface area contributed by atoms with Gasteiger partial charge in [0.25, 0.3) is 5.88 Å². The molecule has 8 nitrogen and oxygen atoms in total. The Hall–Kier alpha value is -3.55. The van der Waals surface area contributed by atoms with E-state index in [0.29, 0.717) is 11.0 Å². The fraction of sp³-hybridized carbons (Fsp3) is 0.118. The van der Waals surface area contributed by atoms with E-state index >= 15 is 0 Å². The summed E-state index contributed by atoms with van der Waals surface area (Å²) in [6, 6.07) is 10.0. The Morgan fingerprint density at radius 1 is 1.20 bits per heavy atom. The van der Waals surface area contributed by atoms with Crippen LogP contribution in [0, 0.1) is 10.1 Å². The Morgan fingerprint density at radius 2 is 2.00 bits per heavy atom. The highest BCUT2D eigenvalue weighted by Crippen LogP contribution is 2.44. The average molecular weight is 340 g/mol. The molecule has 0 bridgehead atoms. The molecule has 0 spiro atoms. The fourth-order valence-electron chi connectivity index (χ4n) is 3.02. The maximum Gasteiger partial charge on any atom is 0.344 e. The van der Waals surface area contributed by atoms with Crippen LogP contribution in [0.2, 0.25) is 0 Å². The standard InChI is InChI=1S/C17H12N2O6/c1-18-16-14(19(21)22)12(11-7-4-8-23-11)13-15(25-16)9-5-2-3-6-10(9)24-17(13)20/h2-8,12,18H,1H3. The van der Waals surface area contributed by atoms with Crippen LogP contribution in [-0.4, -0.2) is 12.0 Å². The second-order valence-electron chi connectivity index (χ2n) is 5.40. The zero-order valence-corrected chi connectivity index (χ0v) is 13.0. The topological polar surface area (TPSA) is 108 Å².